The molecule has 0 radical (unpaired) electrons. The number of aromatic nitrogens is 2. The first-order valence-corrected chi connectivity index (χ1v) is 5.41. The zero-order valence-corrected chi connectivity index (χ0v) is 8.87. The molecule has 1 rings (SSSR count). The molecule has 74 valence electrons. The Morgan fingerprint density at radius 3 is 2.62 bits per heavy atom. The lowest BCUT2D eigenvalue weighted by molar-refractivity contribution is -0.696. The van der Waals surface area contributed by atoms with Crippen molar-refractivity contribution in [3.8, 4) is 0 Å². The van der Waals surface area contributed by atoms with Crippen LogP contribution >= 0.6 is 0 Å². The number of nitrogens with zero attached hydrogens (tertiary/aromatic N) is 2. The van der Waals surface area contributed by atoms with Crippen LogP contribution in [0.15, 0.2) is 18.7 Å². The van der Waals surface area contributed by atoms with E-state index in [-0.39, 0.29) is 0 Å². The third kappa shape index (κ3) is 3.62. The summed E-state index contributed by atoms with van der Waals surface area (Å²) in [6, 6.07) is 0. The van der Waals surface area contributed by atoms with Crippen LogP contribution in [0.4, 0.5) is 0 Å². The average molecular weight is 181 g/mol. The van der Waals surface area contributed by atoms with Gasteiger partial charge in [-0.1, -0.05) is 26.7 Å². The molecule has 0 saturated carbocycles. The summed E-state index contributed by atoms with van der Waals surface area (Å²) < 4.78 is 4.55. The summed E-state index contributed by atoms with van der Waals surface area (Å²) in [5.41, 5.74) is 0. The van der Waals surface area contributed by atoms with Gasteiger partial charge in [0.2, 0.25) is 6.33 Å². The smallest absolute Gasteiger partial charge is 0.237 e. The van der Waals surface area contributed by atoms with E-state index in [1.807, 2.05) is 0 Å². The number of imidazole rings is 1. The minimum atomic E-state index is 1.16. The second-order valence-corrected chi connectivity index (χ2v) is 3.60. The van der Waals surface area contributed by atoms with E-state index in [1.165, 1.54) is 25.7 Å². The summed E-state index contributed by atoms with van der Waals surface area (Å²) in [6.45, 7) is 6.79. The molecule has 0 aliphatic heterocycles. The van der Waals surface area contributed by atoms with Gasteiger partial charge in [0, 0.05) is 0 Å². The van der Waals surface area contributed by atoms with Crippen molar-refractivity contribution in [1.82, 2.24) is 4.57 Å². The van der Waals surface area contributed by atoms with Crippen molar-refractivity contribution in [2.75, 3.05) is 0 Å². The van der Waals surface area contributed by atoms with Gasteiger partial charge in [0.05, 0.1) is 13.1 Å². The van der Waals surface area contributed by atoms with Crippen molar-refractivity contribution in [2.24, 2.45) is 0 Å². The maximum absolute atomic E-state index is 2.28. The average Bonchev–Trinajstić information content (AvgIpc) is 2.59. The van der Waals surface area contributed by atoms with Crippen molar-refractivity contribution >= 4 is 0 Å². The fraction of sp³-hybridized carbons (Fsp3) is 0.727. The Kier molecular flexibility index (Phi) is 4.58. The molecule has 13 heavy (non-hydrogen) atoms. The van der Waals surface area contributed by atoms with E-state index < -0.39 is 0 Å². The SMILES string of the molecule is CCCCn1cc[n+](CCCC)c1. The fourth-order valence-electron chi connectivity index (χ4n) is 1.38. The van der Waals surface area contributed by atoms with Gasteiger partial charge in [-0.25, -0.2) is 9.13 Å². The molecule has 0 atom stereocenters. The zero-order valence-electron chi connectivity index (χ0n) is 8.87. The second-order valence-electron chi connectivity index (χ2n) is 3.60. The standard InChI is InChI=1S/C11H21N2/c1-3-5-7-12-9-10-13(11-12)8-6-4-2/h9-11H,3-8H2,1-2H3/q+1. The maximum atomic E-state index is 2.28. The Morgan fingerprint density at radius 1 is 1.15 bits per heavy atom. The number of hydrogen-bond acceptors (Lipinski definition) is 0. The first-order valence-electron chi connectivity index (χ1n) is 5.41. The van der Waals surface area contributed by atoms with Crippen LogP contribution in [-0.4, -0.2) is 4.57 Å². The lowest BCUT2D eigenvalue weighted by Crippen LogP contribution is -2.30. The van der Waals surface area contributed by atoms with Crippen LogP contribution in [0.5, 0.6) is 0 Å². The molecule has 1 aromatic heterocycles. The number of aryl methyl sites for hydroxylation is 2. The zero-order chi connectivity index (χ0) is 9.52. The van der Waals surface area contributed by atoms with Crippen molar-refractivity contribution in [3.05, 3.63) is 18.7 Å². The number of rotatable bonds is 6. The molecule has 2 heteroatoms. The Morgan fingerprint density at radius 2 is 1.92 bits per heavy atom. The Labute approximate surface area is 81.2 Å². The van der Waals surface area contributed by atoms with Crippen LogP contribution in [0.25, 0.3) is 0 Å². The highest BCUT2D eigenvalue weighted by molar-refractivity contribution is 4.65. The second kappa shape index (κ2) is 5.79. The third-order valence-electron chi connectivity index (χ3n) is 2.29. The summed E-state index contributed by atoms with van der Waals surface area (Å²) >= 11 is 0. The molecule has 0 unspecified atom stereocenters. The Hall–Kier alpha value is -0.790. The molecular weight excluding hydrogens is 160 g/mol. The van der Waals surface area contributed by atoms with Crippen molar-refractivity contribution < 1.29 is 4.57 Å². The van der Waals surface area contributed by atoms with Crippen LogP contribution in [0, 0.1) is 0 Å². The van der Waals surface area contributed by atoms with Crippen LogP contribution in [-0.2, 0) is 13.1 Å². The lowest BCUT2D eigenvalue weighted by atomic mass is 10.3. The van der Waals surface area contributed by atoms with E-state index in [1.54, 1.807) is 0 Å². The molecule has 0 spiro atoms. The molecule has 0 amide bonds. The van der Waals surface area contributed by atoms with Gasteiger partial charge < -0.3 is 0 Å². The van der Waals surface area contributed by atoms with Gasteiger partial charge in [0.15, 0.2) is 0 Å². The van der Waals surface area contributed by atoms with Gasteiger partial charge in [-0.05, 0) is 12.8 Å². The molecule has 0 aromatic carbocycles. The Bertz CT molecular complexity index is 205. The van der Waals surface area contributed by atoms with Gasteiger partial charge in [0.25, 0.3) is 0 Å². The first-order chi connectivity index (χ1) is 6.36. The molecule has 1 heterocycles. The van der Waals surface area contributed by atoms with Crippen LogP contribution < -0.4 is 4.57 Å². The summed E-state index contributed by atoms with van der Waals surface area (Å²) in [7, 11) is 0. The van der Waals surface area contributed by atoms with Crippen LogP contribution in [0.2, 0.25) is 0 Å². The van der Waals surface area contributed by atoms with Gasteiger partial charge in [-0.2, -0.15) is 0 Å². The number of hydrogen-bond donors (Lipinski definition) is 0. The van der Waals surface area contributed by atoms with Crippen molar-refractivity contribution in [2.45, 2.75) is 52.6 Å². The fourth-order valence-corrected chi connectivity index (χ4v) is 1.38. The van der Waals surface area contributed by atoms with E-state index >= 15 is 0 Å². The van der Waals surface area contributed by atoms with Gasteiger partial charge in [-0.15, -0.1) is 0 Å². The lowest BCUT2D eigenvalue weighted by Gasteiger charge is -1.93. The summed E-state index contributed by atoms with van der Waals surface area (Å²) in [6.07, 6.45) is 11.7. The molecule has 0 N–H and O–H groups in total. The summed E-state index contributed by atoms with van der Waals surface area (Å²) in [5.74, 6) is 0. The van der Waals surface area contributed by atoms with Gasteiger partial charge >= 0.3 is 0 Å². The Balaban J connectivity index is 2.34. The molecule has 2 nitrogen and oxygen atoms in total. The van der Waals surface area contributed by atoms with E-state index in [4.69, 9.17) is 0 Å². The van der Waals surface area contributed by atoms with Crippen LogP contribution in [0.3, 0.4) is 0 Å². The highest BCUT2D eigenvalue weighted by Gasteiger charge is 2.01. The highest BCUT2D eigenvalue weighted by atomic mass is 15.1. The highest BCUT2D eigenvalue weighted by Crippen LogP contribution is 1.93. The van der Waals surface area contributed by atoms with E-state index in [2.05, 4.69) is 41.7 Å². The van der Waals surface area contributed by atoms with Gasteiger partial charge in [0.1, 0.15) is 12.4 Å². The summed E-state index contributed by atoms with van der Waals surface area (Å²) in [5, 5.41) is 0. The largest absolute Gasteiger partial charge is 0.243 e. The molecule has 1 aromatic rings. The molecule has 0 aliphatic carbocycles. The van der Waals surface area contributed by atoms with E-state index in [9.17, 15) is 0 Å². The minimum Gasteiger partial charge on any atom is -0.237 e. The summed E-state index contributed by atoms with van der Waals surface area (Å²) in [4.78, 5) is 0. The van der Waals surface area contributed by atoms with Crippen molar-refractivity contribution in [3.63, 3.8) is 0 Å². The monoisotopic (exact) mass is 181 g/mol. The molecule has 0 fully saturated rings. The van der Waals surface area contributed by atoms with Crippen LogP contribution in [0.1, 0.15) is 39.5 Å². The molecular formula is C11H21N2+. The normalized spacial score (nSPS) is 10.6. The number of unbranched alkanes of at least 4 members (excludes halogenated alkanes) is 2. The van der Waals surface area contributed by atoms with Gasteiger partial charge in [-0.3, -0.25) is 0 Å². The molecule has 0 bridgehead atoms. The predicted octanol–water partition coefficient (Wildman–Crippen LogP) is 2.38. The topological polar surface area (TPSA) is 8.81 Å². The maximum Gasteiger partial charge on any atom is 0.243 e. The molecule has 0 aliphatic rings. The third-order valence-corrected chi connectivity index (χ3v) is 2.29. The predicted molar refractivity (Wildman–Crippen MR) is 54.4 cm³/mol. The van der Waals surface area contributed by atoms with E-state index in [0.29, 0.717) is 0 Å². The quantitative estimate of drug-likeness (QED) is 0.596. The molecule has 0 saturated heterocycles. The van der Waals surface area contributed by atoms with E-state index in [0.717, 1.165) is 13.1 Å². The first kappa shape index (κ1) is 10.3. The minimum absolute atomic E-state index is 1.16. The van der Waals surface area contributed by atoms with Crippen molar-refractivity contribution in [1.29, 1.82) is 0 Å².